The Morgan fingerprint density at radius 1 is 0.560 bits per heavy atom. The zero-order valence-corrected chi connectivity index (χ0v) is 17.6. The Morgan fingerprint density at radius 3 is 1.24 bits per heavy atom. The standard InChI is InChI=1S/C21H18Br2ClN/c22-19-7-1-16(2-8-19)13-25(14-17-3-9-20(23)10-4-17)15-18-5-11-21(24)12-6-18/h1-12H,13-15H2/p+1. The number of hydrogen-bond donors (Lipinski definition) is 1. The number of hydrogen-bond acceptors (Lipinski definition) is 0. The smallest absolute Gasteiger partial charge is 0.103 e. The van der Waals surface area contributed by atoms with Gasteiger partial charge in [0.25, 0.3) is 0 Å². The van der Waals surface area contributed by atoms with Crippen molar-refractivity contribution in [1.29, 1.82) is 0 Å². The summed E-state index contributed by atoms with van der Waals surface area (Å²) in [6, 6.07) is 25.3. The second-order valence-electron chi connectivity index (χ2n) is 6.16. The molecule has 0 fully saturated rings. The van der Waals surface area contributed by atoms with Crippen LogP contribution in [0.25, 0.3) is 0 Å². The van der Waals surface area contributed by atoms with Gasteiger partial charge in [-0.3, -0.25) is 0 Å². The third-order valence-corrected chi connectivity index (χ3v) is 5.41. The van der Waals surface area contributed by atoms with Gasteiger partial charge in [-0.15, -0.1) is 0 Å². The van der Waals surface area contributed by atoms with Crippen molar-refractivity contribution in [2.45, 2.75) is 19.6 Å². The van der Waals surface area contributed by atoms with Gasteiger partial charge in [-0.25, -0.2) is 0 Å². The topological polar surface area (TPSA) is 4.44 Å². The maximum absolute atomic E-state index is 6.02. The van der Waals surface area contributed by atoms with E-state index in [9.17, 15) is 0 Å². The largest absolute Gasteiger partial charge is 0.324 e. The average molecular weight is 481 g/mol. The first-order valence-corrected chi connectivity index (χ1v) is 10.1. The van der Waals surface area contributed by atoms with Crippen LogP contribution in [0.2, 0.25) is 5.02 Å². The van der Waals surface area contributed by atoms with E-state index >= 15 is 0 Å². The molecule has 3 aromatic carbocycles. The summed E-state index contributed by atoms with van der Waals surface area (Å²) in [5, 5.41) is 0.783. The first kappa shape index (κ1) is 18.7. The van der Waals surface area contributed by atoms with Crippen LogP contribution >= 0.6 is 43.5 Å². The molecule has 0 heterocycles. The van der Waals surface area contributed by atoms with Crippen molar-refractivity contribution in [3.63, 3.8) is 0 Å². The minimum atomic E-state index is 0.783. The molecule has 3 rings (SSSR count). The molecule has 0 aliphatic carbocycles. The summed E-state index contributed by atoms with van der Waals surface area (Å²) >= 11 is 13.0. The summed E-state index contributed by atoms with van der Waals surface area (Å²) in [6.45, 7) is 2.92. The lowest BCUT2D eigenvalue weighted by Crippen LogP contribution is -3.08. The highest BCUT2D eigenvalue weighted by atomic mass is 79.9. The monoisotopic (exact) mass is 478 g/mol. The van der Waals surface area contributed by atoms with Gasteiger partial charge in [0.1, 0.15) is 19.6 Å². The van der Waals surface area contributed by atoms with Gasteiger partial charge in [0.05, 0.1) is 0 Å². The molecule has 3 aromatic rings. The average Bonchev–Trinajstić information content (AvgIpc) is 2.61. The second kappa shape index (κ2) is 9.00. The van der Waals surface area contributed by atoms with Gasteiger partial charge in [0.2, 0.25) is 0 Å². The third kappa shape index (κ3) is 5.96. The number of rotatable bonds is 6. The molecule has 0 saturated heterocycles. The van der Waals surface area contributed by atoms with Crippen LogP contribution in [-0.2, 0) is 19.6 Å². The van der Waals surface area contributed by atoms with E-state index in [4.69, 9.17) is 11.6 Å². The van der Waals surface area contributed by atoms with Gasteiger partial charge in [0.15, 0.2) is 0 Å². The van der Waals surface area contributed by atoms with Gasteiger partial charge in [0, 0.05) is 30.7 Å². The van der Waals surface area contributed by atoms with Gasteiger partial charge < -0.3 is 4.90 Å². The minimum Gasteiger partial charge on any atom is -0.324 e. The molecule has 0 saturated carbocycles. The molecule has 0 amide bonds. The molecular weight excluding hydrogens is 461 g/mol. The van der Waals surface area contributed by atoms with Crippen molar-refractivity contribution in [1.82, 2.24) is 0 Å². The molecule has 25 heavy (non-hydrogen) atoms. The zero-order valence-electron chi connectivity index (χ0n) is 13.7. The zero-order chi connectivity index (χ0) is 17.6. The number of nitrogens with one attached hydrogen (secondary N) is 1. The van der Waals surface area contributed by atoms with E-state index in [0.717, 1.165) is 33.6 Å². The van der Waals surface area contributed by atoms with Crippen LogP contribution < -0.4 is 4.90 Å². The molecule has 4 heteroatoms. The molecule has 0 spiro atoms. The number of quaternary nitrogens is 1. The predicted molar refractivity (Wildman–Crippen MR) is 112 cm³/mol. The molecule has 0 aliphatic heterocycles. The van der Waals surface area contributed by atoms with Gasteiger partial charge in [-0.1, -0.05) is 79.9 Å². The fourth-order valence-electron chi connectivity index (χ4n) is 2.86. The summed E-state index contributed by atoms with van der Waals surface area (Å²) in [5.74, 6) is 0. The van der Waals surface area contributed by atoms with Gasteiger partial charge in [-0.05, 0) is 36.4 Å². The molecule has 1 N–H and O–H groups in total. The second-order valence-corrected chi connectivity index (χ2v) is 8.43. The van der Waals surface area contributed by atoms with E-state index in [1.165, 1.54) is 21.6 Å². The van der Waals surface area contributed by atoms with Crippen molar-refractivity contribution in [2.24, 2.45) is 0 Å². The van der Waals surface area contributed by atoms with Crippen LogP contribution in [0, 0.1) is 0 Å². The molecule has 0 radical (unpaired) electrons. The van der Waals surface area contributed by atoms with Crippen LogP contribution in [0.3, 0.4) is 0 Å². The van der Waals surface area contributed by atoms with Crippen molar-refractivity contribution in [3.8, 4) is 0 Å². The van der Waals surface area contributed by atoms with Crippen LogP contribution in [0.4, 0.5) is 0 Å². The van der Waals surface area contributed by atoms with Crippen molar-refractivity contribution in [3.05, 3.63) is 103 Å². The Hall–Kier alpha value is -1.13. The van der Waals surface area contributed by atoms with Crippen LogP contribution in [0.15, 0.2) is 81.7 Å². The molecule has 0 atom stereocenters. The van der Waals surface area contributed by atoms with Crippen molar-refractivity contribution in [2.75, 3.05) is 0 Å². The molecule has 1 nitrogen and oxygen atoms in total. The summed E-state index contributed by atoms with van der Waals surface area (Å²) in [4.78, 5) is 1.49. The van der Waals surface area contributed by atoms with E-state index in [-0.39, 0.29) is 0 Å². The van der Waals surface area contributed by atoms with Crippen LogP contribution in [-0.4, -0.2) is 0 Å². The van der Waals surface area contributed by atoms with Crippen LogP contribution in [0.5, 0.6) is 0 Å². The minimum absolute atomic E-state index is 0.783. The molecule has 0 aromatic heterocycles. The highest BCUT2D eigenvalue weighted by Gasteiger charge is 2.12. The molecular formula is C21H19Br2ClN+. The van der Waals surface area contributed by atoms with Crippen molar-refractivity contribution >= 4 is 43.5 Å². The fraction of sp³-hybridized carbons (Fsp3) is 0.143. The summed E-state index contributed by atoms with van der Waals surface area (Å²) < 4.78 is 2.23. The Bertz CT molecular complexity index is 686. The van der Waals surface area contributed by atoms with E-state index in [0.29, 0.717) is 0 Å². The van der Waals surface area contributed by atoms with E-state index < -0.39 is 0 Å². The first-order valence-electron chi connectivity index (χ1n) is 8.15. The Labute approximate surface area is 170 Å². The van der Waals surface area contributed by atoms with Gasteiger partial charge >= 0.3 is 0 Å². The Balaban J connectivity index is 1.77. The number of halogens is 3. The molecule has 0 unspecified atom stereocenters. The van der Waals surface area contributed by atoms with E-state index in [1.54, 1.807) is 0 Å². The lowest BCUT2D eigenvalue weighted by Gasteiger charge is -2.20. The summed E-state index contributed by atoms with van der Waals surface area (Å²) in [6.07, 6.45) is 0. The number of benzene rings is 3. The Morgan fingerprint density at radius 2 is 0.880 bits per heavy atom. The molecule has 128 valence electrons. The molecule has 0 bridgehead atoms. The maximum Gasteiger partial charge on any atom is 0.103 e. The van der Waals surface area contributed by atoms with Crippen molar-refractivity contribution < 1.29 is 4.90 Å². The maximum atomic E-state index is 6.02. The van der Waals surface area contributed by atoms with E-state index in [2.05, 4.69) is 92.5 Å². The summed E-state index contributed by atoms with van der Waals surface area (Å²) in [7, 11) is 0. The summed E-state index contributed by atoms with van der Waals surface area (Å²) in [5.41, 5.74) is 3.97. The lowest BCUT2D eigenvalue weighted by molar-refractivity contribution is -0.941. The SMILES string of the molecule is Clc1ccc(C[NH+](Cc2ccc(Br)cc2)Cc2ccc(Br)cc2)cc1. The first-order chi connectivity index (χ1) is 12.1. The predicted octanol–water partition coefficient (Wildman–Crippen LogP) is 5.65. The molecule has 0 aliphatic rings. The van der Waals surface area contributed by atoms with E-state index in [1.807, 2.05) is 12.1 Å². The Kier molecular flexibility index (Phi) is 6.71. The van der Waals surface area contributed by atoms with Gasteiger partial charge in [-0.2, -0.15) is 0 Å². The quantitative estimate of drug-likeness (QED) is 0.465. The third-order valence-electron chi connectivity index (χ3n) is 4.10. The lowest BCUT2D eigenvalue weighted by atomic mass is 10.1. The van der Waals surface area contributed by atoms with Crippen LogP contribution in [0.1, 0.15) is 16.7 Å². The highest BCUT2D eigenvalue weighted by Crippen LogP contribution is 2.12. The highest BCUT2D eigenvalue weighted by molar-refractivity contribution is 9.10. The fourth-order valence-corrected chi connectivity index (χ4v) is 3.51. The normalized spacial score (nSPS) is 11.0.